The van der Waals surface area contributed by atoms with Crippen LogP contribution in [0.4, 0.5) is 4.39 Å². The molecule has 1 atom stereocenters. The number of nitrogens with one attached hydrogen (secondary N) is 1. The molecule has 1 aromatic carbocycles. The Labute approximate surface area is 141 Å². The Bertz CT molecular complexity index is 781. The number of rotatable bonds is 6. The summed E-state index contributed by atoms with van der Waals surface area (Å²) in [5.74, 6) is -0.242. The van der Waals surface area contributed by atoms with Crippen LogP contribution in [-0.2, 0) is 6.42 Å². The van der Waals surface area contributed by atoms with Crippen molar-refractivity contribution in [1.82, 2.24) is 20.1 Å². The van der Waals surface area contributed by atoms with Gasteiger partial charge in [0.05, 0.1) is 11.9 Å². The average molecular weight is 324 g/mol. The van der Waals surface area contributed by atoms with Gasteiger partial charge in [-0.05, 0) is 50.2 Å². The molecule has 2 heterocycles. The van der Waals surface area contributed by atoms with Crippen molar-refractivity contribution in [1.29, 1.82) is 0 Å². The zero-order valence-electron chi connectivity index (χ0n) is 13.9. The standard InChI is InChI=1S/C19H21FN4/c1-14(21-12-10-17-5-3-4-11-22-17)19-13-23-24(15(19)2)18-8-6-16(20)7-9-18/h3-9,11,13-14,21H,10,12H2,1-2H3/t14-/m1/s1. The summed E-state index contributed by atoms with van der Waals surface area (Å²) in [5, 5.41) is 7.95. The Balaban J connectivity index is 1.65. The van der Waals surface area contributed by atoms with Gasteiger partial charge < -0.3 is 5.32 Å². The summed E-state index contributed by atoms with van der Waals surface area (Å²) in [6.07, 6.45) is 4.57. The van der Waals surface area contributed by atoms with Gasteiger partial charge in [0.2, 0.25) is 0 Å². The van der Waals surface area contributed by atoms with Crippen molar-refractivity contribution in [2.24, 2.45) is 0 Å². The minimum absolute atomic E-state index is 0.183. The maximum atomic E-state index is 13.1. The fourth-order valence-corrected chi connectivity index (χ4v) is 2.76. The molecular formula is C19H21FN4. The molecule has 3 aromatic rings. The molecule has 0 fully saturated rings. The van der Waals surface area contributed by atoms with Crippen molar-refractivity contribution in [2.45, 2.75) is 26.3 Å². The molecule has 1 N–H and O–H groups in total. The highest BCUT2D eigenvalue weighted by molar-refractivity contribution is 5.35. The summed E-state index contributed by atoms with van der Waals surface area (Å²) in [4.78, 5) is 4.33. The molecular weight excluding hydrogens is 303 g/mol. The van der Waals surface area contributed by atoms with Crippen LogP contribution in [0.1, 0.15) is 29.9 Å². The minimum atomic E-state index is -0.242. The molecule has 0 aliphatic rings. The van der Waals surface area contributed by atoms with Crippen LogP contribution in [-0.4, -0.2) is 21.3 Å². The zero-order chi connectivity index (χ0) is 16.9. The molecule has 0 aliphatic heterocycles. The Morgan fingerprint density at radius 1 is 1.17 bits per heavy atom. The van der Waals surface area contributed by atoms with Crippen LogP contribution in [0.15, 0.2) is 54.9 Å². The van der Waals surface area contributed by atoms with E-state index in [9.17, 15) is 4.39 Å². The van der Waals surface area contributed by atoms with E-state index in [0.29, 0.717) is 0 Å². The van der Waals surface area contributed by atoms with Crippen molar-refractivity contribution in [3.8, 4) is 5.69 Å². The van der Waals surface area contributed by atoms with E-state index >= 15 is 0 Å². The normalized spacial score (nSPS) is 12.3. The number of pyridine rings is 1. The zero-order valence-corrected chi connectivity index (χ0v) is 13.9. The maximum absolute atomic E-state index is 13.1. The predicted octanol–water partition coefficient (Wildman–Crippen LogP) is 3.61. The Hall–Kier alpha value is -2.53. The summed E-state index contributed by atoms with van der Waals surface area (Å²) in [6.45, 7) is 5.00. The van der Waals surface area contributed by atoms with Gasteiger partial charge in [-0.25, -0.2) is 9.07 Å². The second kappa shape index (κ2) is 7.36. The lowest BCUT2D eigenvalue weighted by Gasteiger charge is -2.14. The largest absolute Gasteiger partial charge is 0.310 e. The van der Waals surface area contributed by atoms with Gasteiger partial charge in [-0.2, -0.15) is 5.10 Å². The van der Waals surface area contributed by atoms with Crippen molar-refractivity contribution in [3.63, 3.8) is 0 Å². The fraction of sp³-hybridized carbons (Fsp3) is 0.263. The summed E-state index contributed by atoms with van der Waals surface area (Å²) < 4.78 is 14.9. The van der Waals surface area contributed by atoms with Gasteiger partial charge in [0, 0.05) is 42.2 Å². The molecule has 3 rings (SSSR count). The molecule has 124 valence electrons. The van der Waals surface area contributed by atoms with Crippen molar-refractivity contribution in [3.05, 3.63) is 77.6 Å². The van der Waals surface area contributed by atoms with Gasteiger partial charge in [-0.1, -0.05) is 6.07 Å². The van der Waals surface area contributed by atoms with Crippen LogP contribution >= 0.6 is 0 Å². The van der Waals surface area contributed by atoms with Crippen LogP contribution in [0, 0.1) is 12.7 Å². The first-order valence-corrected chi connectivity index (χ1v) is 8.09. The molecule has 5 heteroatoms. The van der Waals surface area contributed by atoms with Crippen molar-refractivity contribution in [2.75, 3.05) is 6.54 Å². The minimum Gasteiger partial charge on any atom is -0.310 e. The smallest absolute Gasteiger partial charge is 0.123 e. The van der Waals surface area contributed by atoms with E-state index in [1.54, 1.807) is 12.1 Å². The molecule has 0 unspecified atom stereocenters. The number of halogens is 1. The van der Waals surface area contributed by atoms with E-state index < -0.39 is 0 Å². The van der Waals surface area contributed by atoms with E-state index in [1.165, 1.54) is 12.1 Å². The van der Waals surface area contributed by atoms with Crippen LogP contribution < -0.4 is 5.32 Å². The van der Waals surface area contributed by atoms with Gasteiger partial charge in [-0.3, -0.25) is 4.98 Å². The molecule has 0 radical (unpaired) electrons. The van der Waals surface area contributed by atoms with E-state index in [2.05, 4.69) is 22.3 Å². The molecule has 0 saturated heterocycles. The highest BCUT2D eigenvalue weighted by Gasteiger charge is 2.14. The average Bonchev–Trinajstić information content (AvgIpc) is 2.98. The Morgan fingerprint density at radius 2 is 1.96 bits per heavy atom. The monoisotopic (exact) mass is 324 g/mol. The van der Waals surface area contributed by atoms with Gasteiger partial charge in [0.1, 0.15) is 5.82 Å². The van der Waals surface area contributed by atoms with Crippen LogP contribution in [0.3, 0.4) is 0 Å². The quantitative estimate of drug-likeness (QED) is 0.753. The van der Waals surface area contributed by atoms with Gasteiger partial charge in [0.25, 0.3) is 0 Å². The lowest BCUT2D eigenvalue weighted by atomic mass is 10.1. The van der Waals surface area contributed by atoms with Gasteiger partial charge in [-0.15, -0.1) is 0 Å². The predicted molar refractivity (Wildman–Crippen MR) is 92.6 cm³/mol. The lowest BCUT2D eigenvalue weighted by molar-refractivity contribution is 0.571. The van der Waals surface area contributed by atoms with Crippen LogP contribution in [0.5, 0.6) is 0 Å². The van der Waals surface area contributed by atoms with E-state index in [0.717, 1.165) is 35.6 Å². The number of aromatic nitrogens is 3. The summed E-state index contributed by atoms with van der Waals surface area (Å²) >= 11 is 0. The SMILES string of the molecule is Cc1c([C@@H](C)NCCc2ccccn2)cnn1-c1ccc(F)cc1. The molecule has 4 nitrogen and oxygen atoms in total. The third kappa shape index (κ3) is 3.68. The molecule has 0 aliphatic carbocycles. The first-order valence-electron chi connectivity index (χ1n) is 8.09. The van der Waals surface area contributed by atoms with Crippen molar-refractivity contribution >= 4 is 0 Å². The molecule has 0 spiro atoms. The van der Waals surface area contributed by atoms with Crippen LogP contribution in [0.25, 0.3) is 5.69 Å². The molecule has 24 heavy (non-hydrogen) atoms. The van der Waals surface area contributed by atoms with Crippen LogP contribution in [0.2, 0.25) is 0 Å². The lowest BCUT2D eigenvalue weighted by Crippen LogP contribution is -2.22. The van der Waals surface area contributed by atoms with E-state index in [4.69, 9.17) is 0 Å². The van der Waals surface area contributed by atoms with E-state index in [-0.39, 0.29) is 11.9 Å². The first-order chi connectivity index (χ1) is 11.6. The Kier molecular flexibility index (Phi) is 5.01. The second-order valence-electron chi connectivity index (χ2n) is 5.82. The highest BCUT2D eigenvalue weighted by atomic mass is 19.1. The molecule has 0 amide bonds. The van der Waals surface area contributed by atoms with E-state index in [1.807, 2.05) is 42.2 Å². The number of benzene rings is 1. The second-order valence-corrected chi connectivity index (χ2v) is 5.82. The summed E-state index contributed by atoms with van der Waals surface area (Å²) in [7, 11) is 0. The molecule has 2 aromatic heterocycles. The highest BCUT2D eigenvalue weighted by Crippen LogP contribution is 2.20. The number of hydrogen-bond donors (Lipinski definition) is 1. The summed E-state index contributed by atoms with van der Waals surface area (Å²) in [6, 6.07) is 12.5. The topological polar surface area (TPSA) is 42.7 Å². The Morgan fingerprint density at radius 3 is 2.67 bits per heavy atom. The third-order valence-electron chi connectivity index (χ3n) is 4.14. The molecule has 0 saturated carbocycles. The maximum Gasteiger partial charge on any atom is 0.123 e. The molecule has 0 bridgehead atoms. The number of hydrogen-bond acceptors (Lipinski definition) is 3. The first kappa shape index (κ1) is 16.3. The third-order valence-corrected chi connectivity index (χ3v) is 4.14. The number of nitrogens with zero attached hydrogens (tertiary/aromatic N) is 3. The fourth-order valence-electron chi connectivity index (χ4n) is 2.76. The van der Waals surface area contributed by atoms with Gasteiger partial charge >= 0.3 is 0 Å². The van der Waals surface area contributed by atoms with Crippen molar-refractivity contribution < 1.29 is 4.39 Å². The summed E-state index contributed by atoms with van der Waals surface area (Å²) in [5.41, 5.74) is 4.14. The van der Waals surface area contributed by atoms with Gasteiger partial charge in [0.15, 0.2) is 0 Å².